The third-order valence-corrected chi connectivity index (χ3v) is 8.45. The number of amides is 1. The fraction of sp³-hybridized carbons (Fsp3) is 0.500. The topological polar surface area (TPSA) is 66.5 Å². The highest BCUT2D eigenvalue weighted by Crippen LogP contribution is 2.30. The predicted molar refractivity (Wildman–Crippen MR) is 119 cm³/mol. The van der Waals surface area contributed by atoms with Crippen LogP contribution in [0.3, 0.4) is 0 Å². The molecule has 0 unspecified atom stereocenters. The quantitative estimate of drug-likeness (QED) is 0.710. The number of nitrogens with zero attached hydrogens (tertiary/aromatic N) is 1. The van der Waals surface area contributed by atoms with E-state index in [-0.39, 0.29) is 23.1 Å². The molecule has 0 aromatic heterocycles. The summed E-state index contributed by atoms with van der Waals surface area (Å²) < 4.78 is 28.2. The second kappa shape index (κ2) is 8.66. The van der Waals surface area contributed by atoms with E-state index in [1.54, 1.807) is 12.1 Å². The number of hydrogen-bond donors (Lipinski definition) is 2. The summed E-state index contributed by atoms with van der Waals surface area (Å²) in [5.74, 6) is 0.137. The molecule has 7 heteroatoms. The van der Waals surface area contributed by atoms with Crippen molar-refractivity contribution in [1.82, 2.24) is 9.62 Å². The van der Waals surface area contributed by atoms with E-state index < -0.39 is 10.0 Å². The molecule has 1 saturated carbocycles. The summed E-state index contributed by atoms with van der Waals surface area (Å²) in [7, 11) is -3.65. The Morgan fingerprint density at radius 3 is 2.55 bits per heavy atom. The number of rotatable bonds is 5. The van der Waals surface area contributed by atoms with Crippen LogP contribution in [0.2, 0.25) is 0 Å². The third kappa shape index (κ3) is 4.47. The van der Waals surface area contributed by atoms with Crippen LogP contribution in [-0.4, -0.2) is 43.0 Å². The normalized spacial score (nSPS) is 24.0. The molecule has 2 fully saturated rings. The molecule has 2 aromatic carbocycles. The molecule has 1 saturated heterocycles. The monoisotopic (exact) mass is 432 g/mol. The molecule has 1 amide bonds. The van der Waals surface area contributed by atoms with E-state index in [0.717, 1.165) is 36.5 Å². The van der Waals surface area contributed by atoms with Crippen LogP contribution in [0.25, 0.3) is 10.8 Å². The zero-order chi connectivity index (χ0) is 20.4. The van der Waals surface area contributed by atoms with Gasteiger partial charge in [0.15, 0.2) is 0 Å². The molecule has 1 heterocycles. The number of hydrogen-bond acceptors (Lipinski definition) is 4. The third-order valence-electron chi connectivity index (χ3n) is 6.16. The van der Waals surface area contributed by atoms with Crippen molar-refractivity contribution in [2.75, 3.05) is 13.1 Å². The highest BCUT2D eigenvalue weighted by Gasteiger charge is 2.39. The fourth-order valence-electron chi connectivity index (χ4n) is 4.53. The molecule has 0 spiro atoms. The molecule has 2 atom stereocenters. The van der Waals surface area contributed by atoms with Gasteiger partial charge in [-0.3, -0.25) is 4.79 Å². The molecular formula is C22H28N2O3S2. The van der Waals surface area contributed by atoms with Crippen molar-refractivity contribution in [3.63, 3.8) is 0 Å². The molecule has 29 heavy (non-hydrogen) atoms. The summed E-state index contributed by atoms with van der Waals surface area (Å²) in [5.41, 5.74) is 0. The number of carbonyl (C=O) groups is 1. The average Bonchev–Trinajstić information content (AvgIpc) is 3.13. The summed E-state index contributed by atoms with van der Waals surface area (Å²) in [6, 6.07) is 12.7. The van der Waals surface area contributed by atoms with E-state index in [4.69, 9.17) is 0 Å². The number of thiol groups is 1. The van der Waals surface area contributed by atoms with Gasteiger partial charge in [-0.15, -0.1) is 0 Å². The Morgan fingerprint density at radius 2 is 1.79 bits per heavy atom. The SMILES string of the molecule is O=C(NC[C@@H]1C[C@@H](S)CN1S(=O)(=O)c1ccc2ccccc2c1)C1CCCCC1. The zero-order valence-corrected chi connectivity index (χ0v) is 18.2. The first-order chi connectivity index (χ1) is 13.9. The van der Waals surface area contributed by atoms with Gasteiger partial charge in [-0.2, -0.15) is 16.9 Å². The first-order valence-corrected chi connectivity index (χ1v) is 12.4. The van der Waals surface area contributed by atoms with Gasteiger partial charge in [0, 0.05) is 30.3 Å². The summed E-state index contributed by atoms with van der Waals surface area (Å²) in [5, 5.41) is 4.90. The Balaban J connectivity index is 1.50. The Kier molecular flexibility index (Phi) is 6.18. The van der Waals surface area contributed by atoms with Crippen LogP contribution in [0.1, 0.15) is 38.5 Å². The van der Waals surface area contributed by atoms with Crippen molar-refractivity contribution >= 4 is 39.3 Å². The van der Waals surface area contributed by atoms with Crippen LogP contribution >= 0.6 is 12.6 Å². The number of nitrogens with one attached hydrogen (secondary N) is 1. The molecule has 156 valence electrons. The van der Waals surface area contributed by atoms with E-state index in [0.29, 0.717) is 24.4 Å². The minimum atomic E-state index is -3.65. The summed E-state index contributed by atoms with van der Waals surface area (Å²) in [4.78, 5) is 12.8. The van der Waals surface area contributed by atoms with Crippen LogP contribution in [0, 0.1) is 5.92 Å². The molecular weight excluding hydrogens is 404 g/mol. The van der Waals surface area contributed by atoms with E-state index in [2.05, 4.69) is 17.9 Å². The van der Waals surface area contributed by atoms with Crippen LogP contribution in [0.15, 0.2) is 47.4 Å². The number of fused-ring (bicyclic) bond motifs is 1. The predicted octanol–water partition coefficient (Wildman–Crippen LogP) is 3.60. The standard InChI is InChI=1S/C22H28N2O3S2/c25-22(17-7-2-1-3-8-17)23-14-19-13-20(28)15-24(19)29(26,27)21-11-10-16-6-4-5-9-18(16)12-21/h4-6,9-12,17,19-20,28H,1-3,7-8,13-15H2,(H,23,25)/t19-,20+/m0/s1. The van der Waals surface area contributed by atoms with Gasteiger partial charge < -0.3 is 5.32 Å². The van der Waals surface area contributed by atoms with Gasteiger partial charge in [0.05, 0.1) is 4.90 Å². The van der Waals surface area contributed by atoms with Gasteiger partial charge >= 0.3 is 0 Å². The van der Waals surface area contributed by atoms with Gasteiger partial charge in [-0.1, -0.05) is 49.6 Å². The number of carbonyl (C=O) groups excluding carboxylic acids is 1. The summed E-state index contributed by atoms with van der Waals surface area (Å²) in [6.07, 6.45) is 5.91. The maximum absolute atomic E-state index is 13.4. The highest BCUT2D eigenvalue weighted by molar-refractivity contribution is 7.89. The molecule has 1 N–H and O–H groups in total. The average molecular weight is 433 g/mol. The highest BCUT2D eigenvalue weighted by atomic mass is 32.2. The van der Waals surface area contributed by atoms with Crippen molar-refractivity contribution in [3.05, 3.63) is 42.5 Å². The lowest BCUT2D eigenvalue weighted by Crippen LogP contribution is -2.44. The van der Waals surface area contributed by atoms with E-state index in [1.165, 1.54) is 10.7 Å². The largest absolute Gasteiger partial charge is 0.354 e. The van der Waals surface area contributed by atoms with Crippen LogP contribution < -0.4 is 5.32 Å². The first kappa shape index (κ1) is 20.7. The lowest BCUT2D eigenvalue weighted by Gasteiger charge is -2.26. The summed E-state index contributed by atoms with van der Waals surface area (Å²) in [6.45, 7) is 0.710. The van der Waals surface area contributed by atoms with Gasteiger partial charge in [0.2, 0.25) is 15.9 Å². The van der Waals surface area contributed by atoms with Gasteiger partial charge in [-0.25, -0.2) is 8.42 Å². The molecule has 0 radical (unpaired) electrons. The van der Waals surface area contributed by atoms with Gasteiger partial charge in [0.25, 0.3) is 0 Å². The number of benzene rings is 2. The fourth-order valence-corrected chi connectivity index (χ4v) is 6.78. The second-order valence-electron chi connectivity index (χ2n) is 8.21. The molecule has 0 bridgehead atoms. The summed E-state index contributed by atoms with van der Waals surface area (Å²) >= 11 is 4.54. The Hall–Kier alpha value is -1.57. The minimum Gasteiger partial charge on any atom is -0.354 e. The Bertz CT molecular complexity index is 986. The van der Waals surface area contributed by atoms with Crippen molar-refractivity contribution in [2.24, 2.45) is 5.92 Å². The number of sulfonamides is 1. The van der Waals surface area contributed by atoms with E-state index in [1.807, 2.05) is 30.3 Å². The van der Waals surface area contributed by atoms with Crippen molar-refractivity contribution < 1.29 is 13.2 Å². The Labute approximate surface area is 178 Å². The Morgan fingerprint density at radius 1 is 1.07 bits per heavy atom. The molecule has 4 rings (SSSR count). The zero-order valence-electron chi connectivity index (χ0n) is 16.5. The molecule has 2 aromatic rings. The van der Waals surface area contributed by atoms with Crippen molar-refractivity contribution in [2.45, 2.75) is 54.7 Å². The minimum absolute atomic E-state index is 0.0261. The molecule has 1 aliphatic heterocycles. The van der Waals surface area contributed by atoms with E-state index in [9.17, 15) is 13.2 Å². The van der Waals surface area contributed by atoms with Crippen molar-refractivity contribution in [1.29, 1.82) is 0 Å². The molecule has 5 nitrogen and oxygen atoms in total. The first-order valence-electron chi connectivity index (χ1n) is 10.4. The van der Waals surface area contributed by atoms with Gasteiger partial charge in [0.1, 0.15) is 0 Å². The molecule has 2 aliphatic rings. The van der Waals surface area contributed by atoms with Crippen LogP contribution in [0.4, 0.5) is 0 Å². The smallest absolute Gasteiger partial charge is 0.243 e. The lowest BCUT2D eigenvalue weighted by atomic mass is 9.88. The molecule has 1 aliphatic carbocycles. The van der Waals surface area contributed by atoms with Gasteiger partial charge in [-0.05, 0) is 42.2 Å². The van der Waals surface area contributed by atoms with Crippen LogP contribution in [-0.2, 0) is 14.8 Å². The van der Waals surface area contributed by atoms with Crippen molar-refractivity contribution in [3.8, 4) is 0 Å². The maximum atomic E-state index is 13.4. The second-order valence-corrected chi connectivity index (χ2v) is 10.8. The maximum Gasteiger partial charge on any atom is 0.243 e. The van der Waals surface area contributed by atoms with Crippen LogP contribution in [0.5, 0.6) is 0 Å². The van der Waals surface area contributed by atoms with E-state index >= 15 is 0 Å². The lowest BCUT2D eigenvalue weighted by molar-refractivity contribution is -0.126.